The molecule has 1 aliphatic heterocycles. The van der Waals surface area contributed by atoms with Crippen LogP contribution >= 0.6 is 36.4 Å². The summed E-state index contributed by atoms with van der Waals surface area (Å²) in [5.41, 5.74) is 1.50. The van der Waals surface area contributed by atoms with Crippen molar-refractivity contribution in [2.75, 3.05) is 11.9 Å². The van der Waals surface area contributed by atoms with E-state index in [4.69, 9.17) is 16.3 Å². The second kappa shape index (κ2) is 11.2. The summed E-state index contributed by atoms with van der Waals surface area (Å²) >= 11 is 6.24. The van der Waals surface area contributed by atoms with Crippen LogP contribution in [0.3, 0.4) is 0 Å². The van der Waals surface area contributed by atoms with Gasteiger partial charge in [0.05, 0.1) is 10.7 Å². The summed E-state index contributed by atoms with van der Waals surface area (Å²) < 4.78 is 5.67. The van der Waals surface area contributed by atoms with Crippen molar-refractivity contribution in [3.05, 3.63) is 53.3 Å². The highest BCUT2D eigenvalue weighted by molar-refractivity contribution is 6.32. The van der Waals surface area contributed by atoms with E-state index in [9.17, 15) is 4.79 Å². The van der Waals surface area contributed by atoms with Crippen LogP contribution in [0.25, 0.3) is 0 Å². The zero-order valence-electron chi connectivity index (χ0n) is 14.1. The first kappa shape index (κ1) is 22.5. The average Bonchev–Trinajstić information content (AvgIpc) is 3.08. The van der Waals surface area contributed by atoms with E-state index < -0.39 is 0 Å². The summed E-state index contributed by atoms with van der Waals surface area (Å²) in [5, 5.41) is 6.65. The molecular weight excluding hydrogens is 397 g/mol. The topological polar surface area (TPSA) is 63.2 Å². The summed E-state index contributed by atoms with van der Waals surface area (Å²) in [6.07, 6.45) is 4.38. The first-order chi connectivity index (χ1) is 11.7. The van der Waals surface area contributed by atoms with Crippen LogP contribution < -0.4 is 15.4 Å². The minimum Gasteiger partial charge on any atom is -0.486 e. The molecule has 1 atom stereocenters. The second-order valence-electron chi connectivity index (χ2n) is 5.80. The summed E-state index contributed by atoms with van der Waals surface area (Å²) in [7, 11) is 0. The van der Waals surface area contributed by atoms with Crippen LogP contribution in [0.15, 0.2) is 42.6 Å². The van der Waals surface area contributed by atoms with Gasteiger partial charge in [-0.15, -0.1) is 24.8 Å². The lowest BCUT2D eigenvalue weighted by molar-refractivity contribution is -0.116. The third kappa shape index (κ3) is 6.65. The van der Waals surface area contributed by atoms with Crippen LogP contribution in [0.2, 0.25) is 5.02 Å². The lowest BCUT2D eigenvalue weighted by Gasteiger charge is -2.12. The van der Waals surface area contributed by atoms with Crippen LogP contribution in [0, 0.1) is 0 Å². The maximum Gasteiger partial charge on any atom is 0.225 e. The molecule has 2 N–H and O–H groups in total. The molecule has 0 saturated carbocycles. The summed E-state index contributed by atoms with van der Waals surface area (Å²) in [4.78, 5) is 16.2. The van der Waals surface area contributed by atoms with E-state index in [0.29, 0.717) is 29.5 Å². The normalized spacial score (nSPS) is 15.5. The molecular formula is C18H22Cl3N3O2. The molecule has 1 unspecified atom stereocenters. The van der Waals surface area contributed by atoms with Gasteiger partial charge in [0.25, 0.3) is 0 Å². The molecule has 142 valence electrons. The number of pyridine rings is 1. The molecule has 1 aromatic heterocycles. The van der Waals surface area contributed by atoms with Crippen molar-refractivity contribution in [3.63, 3.8) is 0 Å². The van der Waals surface area contributed by atoms with Crippen LogP contribution in [-0.2, 0) is 11.4 Å². The number of carbonyl (C=O) groups excluding carboxylic acids is 1. The number of benzene rings is 1. The van der Waals surface area contributed by atoms with Crippen molar-refractivity contribution < 1.29 is 9.53 Å². The number of nitrogens with one attached hydrogen (secondary N) is 2. The Kier molecular flexibility index (Phi) is 9.73. The fourth-order valence-corrected chi connectivity index (χ4v) is 2.93. The summed E-state index contributed by atoms with van der Waals surface area (Å²) in [5.74, 6) is 0.561. The van der Waals surface area contributed by atoms with Crippen LogP contribution in [0.5, 0.6) is 5.75 Å². The van der Waals surface area contributed by atoms with Gasteiger partial charge in [-0.1, -0.05) is 17.7 Å². The Hall–Kier alpha value is -1.53. The lowest BCUT2D eigenvalue weighted by atomic mass is 10.1. The molecule has 5 nitrogen and oxygen atoms in total. The molecule has 1 aromatic carbocycles. The number of amides is 1. The van der Waals surface area contributed by atoms with Gasteiger partial charge in [0.1, 0.15) is 12.4 Å². The maximum absolute atomic E-state index is 12.0. The monoisotopic (exact) mass is 417 g/mol. The molecule has 26 heavy (non-hydrogen) atoms. The minimum atomic E-state index is -0.00683. The zero-order chi connectivity index (χ0) is 16.8. The van der Waals surface area contributed by atoms with Crippen LogP contribution in [0.4, 0.5) is 5.69 Å². The van der Waals surface area contributed by atoms with Crippen LogP contribution in [-0.4, -0.2) is 23.5 Å². The van der Waals surface area contributed by atoms with Crippen molar-refractivity contribution in [3.8, 4) is 5.75 Å². The predicted octanol–water partition coefficient (Wildman–Crippen LogP) is 4.24. The number of halogens is 3. The van der Waals surface area contributed by atoms with Gasteiger partial charge < -0.3 is 15.4 Å². The number of aromatic nitrogens is 1. The fraction of sp³-hybridized carbons (Fsp3) is 0.333. The van der Waals surface area contributed by atoms with E-state index in [2.05, 4.69) is 15.6 Å². The summed E-state index contributed by atoms with van der Waals surface area (Å²) in [6, 6.07) is 11.2. The predicted molar refractivity (Wildman–Crippen MR) is 109 cm³/mol. The molecule has 0 radical (unpaired) electrons. The van der Waals surface area contributed by atoms with Gasteiger partial charge in [-0.05, 0) is 49.7 Å². The molecule has 1 amide bonds. The van der Waals surface area contributed by atoms with Crippen molar-refractivity contribution >= 4 is 48.0 Å². The zero-order valence-corrected chi connectivity index (χ0v) is 16.5. The molecule has 1 aliphatic rings. The Bertz CT molecular complexity index is 695. The molecule has 0 bridgehead atoms. The Morgan fingerprint density at radius 2 is 2.15 bits per heavy atom. The van der Waals surface area contributed by atoms with Crippen LogP contribution in [0.1, 0.15) is 25.0 Å². The molecule has 1 saturated heterocycles. The molecule has 0 aliphatic carbocycles. The number of hydrogen-bond acceptors (Lipinski definition) is 4. The van der Waals surface area contributed by atoms with Gasteiger partial charge in [0.2, 0.25) is 5.91 Å². The number of carbonyl (C=O) groups is 1. The van der Waals surface area contributed by atoms with Crippen molar-refractivity contribution in [1.29, 1.82) is 0 Å². The van der Waals surface area contributed by atoms with Gasteiger partial charge in [0.15, 0.2) is 0 Å². The molecule has 1 fully saturated rings. The molecule has 0 spiro atoms. The molecule has 2 aromatic rings. The van der Waals surface area contributed by atoms with E-state index in [0.717, 1.165) is 25.1 Å². The maximum atomic E-state index is 12.0. The third-order valence-electron chi connectivity index (χ3n) is 3.91. The largest absolute Gasteiger partial charge is 0.486 e. The van der Waals surface area contributed by atoms with E-state index in [-0.39, 0.29) is 36.8 Å². The number of nitrogens with zero attached hydrogens (tertiary/aromatic N) is 1. The smallest absolute Gasteiger partial charge is 0.225 e. The number of anilines is 1. The lowest BCUT2D eigenvalue weighted by Crippen LogP contribution is -2.27. The van der Waals surface area contributed by atoms with Gasteiger partial charge in [-0.3, -0.25) is 9.78 Å². The highest BCUT2D eigenvalue weighted by Gasteiger charge is 2.17. The molecule has 8 heteroatoms. The quantitative estimate of drug-likeness (QED) is 0.736. The van der Waals surface area contributed by atoms with Gasteiger partial charge >= 0.3 is 0 Å². The fourth-order valence-electron chi connectivity index (χ4n) is 2.70. The highest BCUT2D eigenvalue weighted by Crippen LogP contribution is 2.28. The minimum absolute atomic E-state index is 0. The average molecular weight is 419 g/mol. The van der Waals surface area contributed by atoms with E-state index in [1.54, 1.807) is 24.4 Å². The van der Waals surface area contributed by atoms with Crippen molar-refractivity contribution in [1.82, 2.24) is 10.3 Å². The van der Waals surface area contributed by atoms with Gasteiger partial charge in [-0.25, -0.2) is 0 Å². The Labute approximate surface area is 170 Å². The molecule has 2 heterocycles. The van der Waals surface area contributed by atoms with Gasteiger partial charge in [0, 0.05) is 24.3 Å². The number of ether oxygens (including phenoxy) is 1. The first-order valence-corrected chi connectivity index (χ1v) is 8.44. The number of rotatable bonds is 6. The Balaban J connectivity index is 0.00000169. The second-order valence-corrected chi connectivity index (χ2v) is 6.21. The first-order valence-electron chi connectivity index (χ1n) is 8.06. The van der Waals surface area contributed by atoms with Crippen molar-refractivity contribution in [2.45, 2.75) is 31.9 Å². The number of hydrogen-bond donors (Lipinski definition) is 2. The van der Waals surface area contributed by atoms with Gasteiger partial charge in [-0.2, -0.15) is 0 Å². The standard InChI is InChI=1S/C18H20ClN3O2.2ClH/c19-16-10-14(22-18(23)11-13-5-3-9-20-13)6-7-17(16)24-12-15-4-1-2-8-21-15;;/h1-2,4,6-8,10,13,20H,3,5,9,11-12H2,(H,22,23);2*1H. The van der Waals surface area contributed by atoms with Crippen molar-refractivity contribution in [2.24, 2.45) is 0 Å². The Morgan fingerprint density at radius 1 is 1.31 bits per heavy atom. The Morgan fingerprint density at radius 3 is 2.81 bits per heavy atom. The molecule has 3 rings (SSSR count). The van der Waals surface area contributed by atoms with E-state index in [1.165, 1.54) is 0 Å². The van der Waals surface area contributed by atoms with E-state index in [1.807, 2.05) is 18.2 Å². The highest BCUT2D eigenvalue weighted by atomic mass is 35.5. The summed E-state index contributed by atoms with van der Waals surface area (Å²) in [6.45, 7) is 1.34. The SMILES string of the molecule is Cl.Cl.O=C(CC1CCCN1)Nc1ccc(OCc2ccccn2)c(Cl)c1. The van der Waals surface area contributed by atoms with E-state index >= 15 is 0 Å². The third-order valence-corrected chi connectivity index (χ3v) is 4.21.